The third-order valence-corrected chi connectivity index (χ3v) is 8.91. The molecular formula is C28H37BN2O8S. The molecule has 3 N–H and O–H groups in total. The fourth-order valence-corrected chi connectivity index (χ4v) is 6.89. The van der Waals surface area contributed by atoms with Crippen LogP contribution in [0.4, 0.5) is 4.79 Å². The minimum absolute atomic E-state index is 0.00559. The highest BCUT2D eigenvalue weighted by molar-refractivity contribution is 7.82. The lowest BCUT2D eigenvalue weighted by atomic mass is 9.80. The number of carbonyl (C=O) groups excluding carboxylic acids is 1. The Hall–Kier alpha value is -2.32. The van der Waals surface area contributed by atoms with Crippen molar-refractivity contribution in [2.75, 3.05) is 26.3 Å². The van der Waals surface area contributed by atoms with E-state index in [2.05, 4.69) is 5.32 Å². The van der Waals surface area contributed by atoms with Gasteiger partial charge in [0.1, 0.15) is 17.1 Å². The molecule has 1 amide bonds. The molecule has 2 aromatic carbocycles. The van der Waals surface area contributed by atoms with E-state index < -0.39 is 42.4 Å². The lowest BCUT2D eigenvalue weighted by Crippen LogP contribution is -2.51. The maximum Gasteiger partial charge on any atom is 0.491 e. The molecule has 40 heavy (non-hydrogen) atoms. The largest absolute Gasteiger partial charge is 0.491 e. The molecule has 10 nitrogen and oxygen atoms in total. The van der Waals surface area contributed by atoms with Gasteiger partial charge in [0.2, 0.25) is 0 Å². The number of ether oxygens (including phenoxy) is 3. The Morgan fingerprint density at radius 1 is 1.20 bits per heavy atom. The Kier molecular flexibility index (Phi) is 9.57. The summed E-state index contributed by atoms with van der Waals surface area (Å²) in [6, 6.07) is 14.1. The van der Waals surface area contributed by atoms with E-state index in [-0.39, 0.29) is 37.9 Å². The molecule has 2 aromatic rings. The van der Waals surface area contributed by atoms with Crippen molar-refractivity contribution in [3.63, 3.8) is 0 Å². The normalized spacial score (nSPS) is 24.1. The lowest BCUT2D eigenvalue weighted by molar-refractivity contribution is -0.0907. The van der Waals surface area contributed by atoms with Crippen molar-refractivity contribution in [1.82, 2.24) is 9.62 Å². The van der Waals surface area contributed by atoms with Crippen LogP contribution in [0, 0.1) is 11.8 Å². The van der Waals surface area contributed by atoms with E-state index in [9.17, 15) is 19.1 Å². The average Bonchev–Trinajstić information content (AvgIpc) is 3.65. The minimum atomic E-state index is -1.59. The van der Waals surface area contributed by atoms with Crippen molar-refractivity contribution in [1.29, 1.82) is 0 Å². The predicted octanol–water partition coefficient (Wildman–Crippen LogP) is 1.34. The summed E-state index contributed by atoms with van der Waals surface area (Å²) < 4.78 is 37.5. The highest BCUT2D eigenvalue weighted by atomic mass is 32.2. The predicted molar refractivity (Wildman–Crippen MR) is 149 cm³/mol. The molecule has 12 heteroatoms. The molecular weight excluding hydrogens is 535 g/mol. The van der Waals surface area contributed by atoms with E-state index in [4.69, 9.17) is 18.9 Å². The van der Waals surface area contributed by atoms with Crippen molar-refractivity contribution in [2.24, 2.45) is 11.8 Å². The molecule has 3 aliphatic heterocycles. The van der Waals surface area contributed by atoms with Crippen LogP contribution in [-0.4, -0.2) is 82.7 Å². The second kappa shape index (κ2) is 13.1. The average molecular weight is 572 g/mol. The minimum Gasteiger partial charge on any atom is -0.443 e. The molecule has 3 heterocycles. The Labute approximate surface area is 237 Å². The van der Waals surface area contributed by atoms with E-state index in [1.54, 1.807) is 22.5 Å². The number of nitrogens with zero attached hydrogens (tertiary/aromatic N) is 1. The number of amides is 1. The van der Waals surface area contributed by atoms with Gasteiger partial charge in [-0.15, -0.1) is 0 Å². The Morgan fingerprint density at radius 3 is 2.77 bits per heavy atom. The number of aliphatic hydroxyl groups excluding tert-OH is 1. The van der Waals surface area contributed by atoms with Gasteiger partial charge in [0, 0.05) is 13.1 Å². The number of nitrogens with one attached hydrogen (secondary N) is 1. The Morgan fingerprint density at radius 2 is 2.00 bits per heavy atom. The molecule has 0 aliphatic carbocycles. The number of aliphatic hydroxyl groups is 1. The highest BCUT2D eigenvalue weighted by Gasteiger charge is 2.44. The van der Waals surface area contributed by atoms with Crippen LogP contribution in [0.15, 0.2) is 53.4 Å². The van der Waals surface area contributed by atoms with Crippen LogP contribution < -0.4 is 10.8 Å². The molecule has 6 atom stereocenters. The first-order valence-corrected chi connectivity index (χ1v) is 14.9. The second-order valence-corrected chi connectivity index (χ2v) is 12.5. The molecule has 2 fully saturated rings. The number of rotatable bonds is 11. The van der Waals surface area contributed by atoms with Gasteiger partial charge in [0.05, 0.1) is 42.8 Å². The molecule has 3 aliphatic rings. The summed E-state index contributed by atoms with van der Waals surface area (Å²) in [6.45, 7) is 5.66. The zero-order valence-electron chi connectivity index (χ0n) is 22.8. The van der Waals surface area contributed by atoms with Crippen LogP contribution in [0.1, 0.15) is 31.4 Å². The second-order valence-electron chi connectivity index (χ2n) is 11.0. The van der Waals surface area contributed by atoms with E-state index in [1.165, 1.54) is 0 Å². The van der Waals surface area contributed by atoms with Crippen LogP contribution in [0.3, 0.4) is 0 Å². The fraction of sp³-hybridized carbons (Fsp3) is 0.536. The zero-order valence-corrected chi connectivity index (χ0v) is 23.6. The van der Waals surface area contributed by atoms with Crippen molar-refractivity contribution in [3.05, 3.63) is 59.7 Å². The number of alkyl carbamates (subject to hydrolysis) is 1. The van der Waals surface area contributed by atoms with Gasteiger partial charge in [-0.05, 0) is 47.5 Å². The van der Waals surface area contributed by atoms with E-state index in [1.807, 2.05) is 44.2 Å². The zero-order chi connectivity index (χ0) is 28.2. The van der Waals surface area contributed by atoms with Gasteiger partial charge in [0.15, 0.2) is 6.29 Å². The Bertz CT molecular complexity index is 1190. The van der Waals surface area contributed by atoms with Gasteiger partial charge in [-0.1, -0.05) is 50.2 Å². The lowest BCUT2D eigenvalue weighted by Gasteiger charge is -2.30. The van der Waals surface area contributed by atoms with Gasteiger partial charge >= 0.3 is 13.2 Å². The summed E-state index contributed by atoms with van der Waals surface area (Å²) in [4.78, 5) is 13.6. The summed E-state index contributed by atoms with van der Waals surface area (Å²) in [5.74, 6) is 0.177. The van der Waals surface area contributed by atoms with Crippen molar-refractivity contribution >= 4 is 29.7 Å². The molecule has 0 aromatic heterocycles. The Balaban J connectivity index is 1.30. The summed E-state index contributed by atoms with van der Waals surface area (Å²) >= 11 is 0. The molecule has 0 radical (unpaired) electrons. The van der Waals surface area contributed by atoms with Gasteiger partial charge in [-0.25, -0.2) is 13.3 Å². The molecule has 0 saturated carbocycles. The fourth-order valence-electron chi connectivity index (χ4n) is 5.44. The van der Waals surface area contributed by atoms with E-state index >= 15 is 0 Å². The molecule has 0 spiro atoms. The number of benzene rings is 2. The first-order chi connectivity index (χ1) is 19.3. The van der Waals surface area contributed by atoms with Crippen LogP contribution in [0.25, 0.3) is 0 Å². The molecule has 0 bridgehead atoms. The molecule has 216 valence electrons. The number of hydrogen-bond donors (Lipinski definition) is 3. The van der Waals surface area contributed by atoms with Crippen LogP contribution >= 0.6 is 0 Å². The van der Waals surface area contributed by atoms with Gasteiger partial charge in [-0.3, -0.25) is 0 Å². The summed E-state index contributed by atoms with van der Waals surface area (Å²) in [7, 11) is -2.56. The van der Waals surface area contributed by atoms with Crippen LogP contribution in [-0.2, 0) is 42.9 Å². The summed E-state index contributed by atoms with van der Waals surface area (Å²) in [5.41, 5.74) is 2.40. The van der Waals surface area contributed by atoms with Crippen molar-refractivity contribution in [2.45, 2.75) is 62.7 Å². The first kappa shape index (κ1) is 29.2. The van der Waals surface area contributed by atoms with Gasteiger partial charge < -0.3 is 34.3 Å². The van der Waals surface area contributed by atoms with E-state index in [0.717, 1.165) is 17.5 Å². The number of fused-ring (bicyclic) bond motifs is 2. The standard InChI is InChI=1S/C28H37BN2O8S/c1-18(2)14-31(40(35)21-8-9-23-20(13-21)16-38-29(23)34)15-25(32)24(12-19-6-4-3-5-7-19)30-28(33)39-26-17-37-27-22(26)10-11-36-27/h3-9,13,18,22,24-27,32,34H,10-12,14-17H2,1-2H3,(H,30,33)/t22-,24-,25+,26-,27+,40?/m0/s1. The summed E-state index contributed by atoms with van der Waals surface area (Å²) in [6.07, 6.45) is -1.29. The smallest absolute Gasteiger partial charge is 0.443 e. The van der Waals surface area contributed by atoms with E-state index in [0.29, 0.717) is 29.9 Å². The quantitative estimate of drug-likeness (QED) is 0.345. The van der Waals surface area contributed by atoms with Crippen LogP contribution in [0.5, 0.6) is 0 Å². The van der Waals surface area contributed by atoms with Gasteiger partial charge in [0.25, 0.3) is 0 Å². The molecule has 1 unspecified atom stereocenters. The van der Waals surface area contributed by atoms with Crippen LogP contribution in [0.2, 0.25) is 0 Å². The number of carbonyl (C=O) groups is 1. The molecule has 5 rings (SSSR count). The molecule has 2 saturated heterocycles. The third-order valence-electron chi connectivity index (χ3n) is 7.48. The summed E-state index contributed by atoms with van der Waals surface area (Å²) in [5, 5.41) is 24.3. The number of hydrogen-bond acceptors (Lipinski definition) is 8. The van der Waals surface area contributed by atoms with Crippen molar-refractivity contribution in [3.8, 4) is 0 Å². The van der Waals surface area contributed by atoms with Crippen molar-refractivity contribution < 1.29 is 38.0 Å². The first-order valence-electron chi connectivity index (χ1n) is 13.8. The maximum absolute atomic E-state index is 13.7. The van der Waals surface area contributed by atoms with Gasteiger partial charge in [-0.2, -0.15) is 0 Å². The third kappa shape index (κ3) is 6.93. The maximum atomic E-state index is 13.7. The SMILES string of the molecule is CC(C)CN(C[C@@H](O)[C@H](Cc1ccccc1)NC(=O)O[C@H]1CO[C@H]2OCC[C@H]21)S(=O)c1ccc2c(c1)COB2O. The highest BCUT2D eigenvalue weighted by Crippen LogP contribution is 2.33. The topological polar surface area (TPSA) is 127 Å². The monoisotopic (exact) mass is 572 g/mol.